The molecule has 0 aliphatic carbocycles. The molecule has 19 heavy (non-hydrogen) atoms. The molecule has 1 aromatic heterocycles. The maximum Gasteiger partial charge on any atom is 0.257 e. The fourth-order valence-electron chi connectivity index (χ4n) is 2.71. The fourth-order valence-corrected chi connectivity index (χ4v) is 2.71. The number of nitrogens with one attached hydrogen (secondary N) is 1. The first-order valence-electron chi connectivity index (χ1n) is 7.26. The van der Waals surface area contributed by atoms with Gasteiger partial charge < -0.3 is 14.6 Å². The Morgan fingerprint density at radius 1 is 1.58 bits per heavy atom. The van der Waals surface area contributed by atoms with Crippen molar-refractivity contribution in [2.24, 2.45) is 5.92 Å². The summed E-state index contributed by atoms with van der Waals surface area (Å²) >= 11 is 0. The molecule has 1 aliphatic heterocycles. The molecule has 0 radical (unpaired) electrons. The summed E-state index contributed by atoms with van der Waals surface area (Å²) in [6, 6.07) is 1.78. The molecule has 1 unspecified atom stereocenters. The summed E-state index contributed by atoms with van der Waals surface area (Å²) in [7, 11) is 0. The van der Waals surface area contributed by atoms with Crippen LogP contribution >= 0.6 is 0 Å². The van der Waals surface area contributed by atoms with Crippen molar-refractivity contribution in [3.05, 3.63) is 23.7 Å². The van der Waals surface area contributed by atoms with Crippen LogP contribution in [-0.2, 0) is 0 Å². The zero-order chi connectivity index (χ0) is 13.7. The Bertz CT molecular complexity index is 408. The number of nitrogens with zero attached hydrogens (tertiary/aromatic N) is 1. The highest BCUT2D eigenvalue weighted by Gasteiger charge is 2.23. The lowest BCUT2D eigenvalue weighted by atomic mass is 9.98. The van der Waals surface area contributed by atoms with Crippen molar-refractivity contribution in [2.75, 3.05) is 26.2 Å². The largest absolute Gasteiger partial charge is 0.469 e. The molecule has 106 valence electrons. The molecule has 1 aromatic rings. The van der Waals surface area contributed by atoms with Gasteiger partial charge in [0.25, 0.3) is 5.91 Å². The standard InChI is InChI=1S/C15H24N2O2/c1-3-8-17(11-13-5-4-7-16-10-13)15(18)14-6-9-19-12(14)2/h6,9,13,16H,3-5,7-8,10-11H2,1-2H3. The molecule has 0 bridgehead atoms. The van der Waals surface area contributed by atoms with Gasteiger partial charge in [0.15, 0.2) is 0 Å². The second-order valence-corrected chi connectivity index (χ2v) is 5.35. The lowest BCUT2D eigenvalue weighted by molar-refractivity contribution is 0.0717. The van der Waals surface area contributed by atoms with Crippen LogP contribution in [-0.4, -0.2) is 37.0 Å². The van der Waals surface area contributed by atoms with E-state index in [2.05, 4.69) is 12.2 Å². The van der Waals surface area contributed by atoms with Crippen LogP contribution in [0.4, 0.5) is 0 Å². The van der Waals surface area contributed by atoms with Crippen molar-refractivity contribution < 1.29 is 9.21 Å². The number of piperidine rings is 1. The van der Waals surface area contributed by atoms with E-state index in [1.165, 1.54) is 12.8 Å². The van der Waals surface area contributed by atoms with Crippen molar-refractivity contribution >= 4 is 5.91 Å². The van der Waals surface area contributed by atoms with Crippen LogP contribution < -0.4 is 5.32 Å². The van der Waals surface area contributed by atoms with Gasteiger partial charge in [0.05, 0.1) is 11.8 Å². The maximum atomic E-state index is 12.5. The van der Waals surface area contributed by atoms with E-state index in [0.717, 1.165) is 32.6 Å². The number of carbonyl (C=O) groups is 1. The lowest BCUT2D eigenvalue weighted by Gasteiger charge is -2.30. The summed E-state index contributed by atoms with van der Waals surface area (Å²) in [5, 5.41) is 3.41. The number of carbonyl (C=O) groups excluding carboxylic acids is 1. The highest BCUT2D eigenvalue weighted by Crippen LogP contribution is 2.17. The van der Waals surface area contributed by atoms with Crippen LogP contribution in [0, 0.1) is 12.8 Å². The van der Waals surface area contributed by atoms with Crippen LogP contribution in [0.15, 0.2) is 16.7 Å². The van der Waals surface area contributed by atoms with Gasteiger partial charge in [-0.25, -0.2) is 0 Å². The quantitative estimate of drug-likeness (QED) is 0.888. The van der Waals surface area contributed by atoms with Crippen LogP contribution in [0.1, 0.15) is 42.3 Å². The van der Waals surface area contributed by atoms with Crippen LogP contribution in [0.2, 0.25) is 0 Å². The van der Waals surface area contributed by atoms with Gasteiger partial charge in [-0.2, -0.15) is 0 Å². The van der Waals surface area contributed by atoms with Gasteiger partial charge in [-0.05, 0) is 51.3 Å². The average molecular weight is 264 g/mol. The summed E-state index contributed by atoms with van der Waals surface area (Å²) in [6.07, 6.45) is 5.01. The molecule has 0 saturated carbocycles. The Labute approximate surface area is 115 Å². The first kappa shape index (κ1) is 14.1. The van der Waals surface area contributed by atoms with Crippen molar-refractivity contribution in [1.29, 1.82) is 0 Å². The predicted octanol–water partition coefficient (Wildman–Crippen LogP) is 2.44. The monoisotopic (exact) mass is 264 g/mol. The van der Waals surface area contributed by atoms with E-state index in [4.69, 9.17) is 4.42 Å². The molecular formula is C15H24N2O2. The Kier molecular flexibility index (Phi) is 5.02. The van der Waals surface area contributed by atoms with E-state index >= 15 is 0 Å². The van der Waals surface area contributed by atoms with E-state index in [1.807, 2.05) is 11.8 Å². The summed E-state index contributed by atoms with van der Waals surface area (Å²) in [4.78, 5) is 14.5. The van der Waals surface area contributed by atoms with Crippen molar-refractivity contribution in [1.82, 2.24) is 10.2 Å². The average Bonchev–Trinajstić information content (AvgIpc) is 2.85. The topological polar surface area (TPSA) is 45.5 Å². The molecule has 2 rings (SSSR count). The summed E-state index contributed by atoms with van der Waals surface area (Å²) in [5.74, 6) is 1.41. The van der Waals surface area contributed by atoms with Gasteiger partial charge in [-0.1, -0.05) is 6.92 Å². The molecule has 1 fully saturated rings. The van der Waals surface area contributed by atoms with Gasteiger partial charge >= 0.3 is 0 Å². The molecule has 2 heterocycles. The van der Waals surface area contributed by atoms with Crippen LogP contribution in [0.3, 0.4) is 0 Å². The van der Waals surface area contributed by atoms with Crippen molar-refractivity contribution in [3.63, 3.8) is 0 Å². The second-order valence-electron chi connectivity index (χ2n) is 5.35. The zero-order valence-corrected chi connectivity index (χ0v) is 11.9. The highest BCUT2D eigenvalue weighted by atomic mass is 16.3. The van der Waals surface area contributed by atoms with Gasteiger partial charge in [0.2, 0.25) is 0 Å². The molecule has 4 heteroatoms. The minimum Gasteiger partial charge on any atom is -0.469 e. The second kappa shape index (κ2) is 6.75. The molecule has 0 spiro atoms. The van der Waals surface area contributed by atoms with Crippen molar-refractivity contribution in [2.45, 2.75) is 33.1 Å². The number of hydrogen-bond donors (Lipinski definition) is 1. The Balaban J connectivity index is 2.02. The van der Waals surface area contributed by atoms with E-state index in [9.17, 15) is 4.79 Å². The number of aryl methyl sites for hydroxylation is 1. The van der Waals surface area contributed by atoms with Gasteiger partial charge in [0.1, 0.15) is 5.76 Å². The third-order valence-corrected chi connectivity index (χ3v) is 3.75. The maximum absolute atomic E-state index is 12.5. The Morgan fingerprint density at radius 3 is 3.00 bits per heavy atom. The first-order chi connectivity index (χ1) is 9.22. The predicted molar refractivity (Wildman–Crippen MR) is 75.2 cm³/mol. The summed E-state index contributed by atoms with van der Waals surface area (Å²) in [5.41, 5.74) is 0.706. The van der Waals surface area contributed by atoms with E-state index < -0.39 is 0 Å². The SMILES string of the molecule is CCCN(CC1CCCNC1)C(=O)c1ccoc1C. The number of amides is 1. The Hall–Kier alpha value is -1.29. The number of furan rings is 1. The molecule has 4 nitrogen and oxygen atoms in total. The Morgan fingerprint density at radius 2 is 2.42 bits per heavy atom. The smallest absolute Gasteiger partial charge is 0.257 e. The highest BCUT2D eigenvalue weighted by molar-refractivity contribution is 5.95. The minimum absolute atomic E-state index is 0.110. The van der Waals surface area contributed by atoms with Crippen LogP contribution in [0.25, 0.3) is 0 Å². The van der Waals surface area contributed by atoms with E-state index in [-0.39, 0.29) is 5.91 Å². The minimum atomic E-state index is 0.110. The molecule has 1 N–H and O–H groups in total. The van der Waals surface area contributed by atoms with Gasteiger partial charge in [-0.15, -0.1) is 0 Å². The molecule has 1 saturated heterocycles. The fraction of sp³-hybridized carbons (Fsp3) is 0.667. The van der Waals surface area contributed by atoms with E-state index in [1.54, 1.807) is 12.3 Å². The number of hydrogen-bond acceptors (Lipinski definition) is 3. The number of rotatable bonds is 5. The molecule has 1 aliphatic rings. The zero-order valence-electron chi connectivity index (χ0n) is 11.9. The third-order valence-electron chi connectivity index (χ3n) is 3.75. The molecule has 0 aromatic carbocycles. The normalized spacial score (nSPS) is 19.4. The summed E-state index contributed by atoms with van der Waals surface area (Å²) in [6.45, 7) is 7.77. The van der Waals surface area contributed by atoms with Crippen LogP contribution in [0.5, 0.6) is 0 Å². The van der Waals surface area contributed by atoms with Gasteiger partial charge in [-0.3, -0.25) is 4.79 Å². The van der Waals surface area contributed by atoms with E-state index in [0.29, 0.717) is 17.2 Å². The molecule has 1 atom stereocenters. The summed E-state index contributed by atoms with van der Waals surface area (Å²) < 4.78 is 5.24. The lowest BCUT2D eigenvalue weighted by Crippen LogP contribution is -2.41. The molecule has 1 amide bonds. The third kappa shape index (κ3) is 3.60. The first-order valence-corrected chi connectivity index (χ1v) is 7.26. The van der Waals surface area contributed by atoms with Gasteiger partial charge in [0, 0.05) is 13.1 Å². The molecular weight excluding hydrogens is 240 g/mol. The van der Waals surface area contributed by atoms with Crippen molar-refractivity contribution in [3.8, 4) is 0 Å².